The van der Waals surface area contributed by atoms with Crippen LogP contribution in [0.5, 0.6) is 0 Å². The topological polar surface area (TPSA) is 17.0 Å². The number of rotatable bonds is 0. The second-order valence-corrected chi connectivity index (χ2v) is 5.27. The van der Waals surface area contributed by atoms with Crippen molar-refractivity contribution in [3.63, 3.8) is 0 Å². The Morgan fingerprint density at radius 2 is 2.24 bits per heavy atom. The van der Waals surface area contributed by atoms with E-state index in [1.807, 2.05) is 0 Å². The molecular formula is C15H16N2. The van der Waals surface area contributed by atoms with Crippen LogP contribution in [0.3, 0.4) is 0 Å². The highest BCUT2D eigenvalue weighted by molar-refractivity contribution is 5.94. The van der Waals surface area contributed by atoms with E-state index in [0.717, 1.165) is 13.1 Å². The van der Waals surface area contributed by atoms with Gasteiger partial charge in [-0.1, -0.05) is 31.2 Å². The maximum Gasteiger partial charge on any atom is 0.0557 e. The van der Waals surface area contributed by atoms with Crippen LogP contribution in [0.4, 0.5) is 0 Å². The van der Waals surface area contributed by atoms with E-state index in [4.69, 9.17) is 0 Å². The largest absolute Gasteiger partial charge is 0.345 e. The molecule has 0 spiro atoms. The minimum Gasteiger partial charge on any atom is -0.345 e. The molecule has 3 heterocycles. The summed E-state index contributed by atoms with van der Waals surface area (Å²) in [4.78, 5) is 0. The van der Waals surface area contributed by atoms with Gasteiger partial charge in [-0.2, -0.15) is 0 Å². The maximum absolute atomic E-state index is 3.66. The van der Waals surface area contributed by atoms with Crippen molar-refractivity contribution in [2.75, 3.05) is 6.54 Å². The van der Waals surface area contributed by atoms with Gasteiger partial charge in [0.15, 0.2) is 0 Å². The summed E-state index contributed by atoms with van der Waals surface area (Å²) in [5, 5.41) is 5.02. The highest BCUT2D eigenvalue weighted by Crippen LogP contribution is 2.35. The molecule has 2 aliphatic heterocycles. The minimum atomic E-state index is 0.497. The molecule has 0 saturated carbocycles. The fourth-order valence-electron chi connectivity index (χ4n) is 3.20. The summed E-state index contributed by atoms with van der Waals surface area (Å²) in [6, 6.07) is 9.36. The van der Waals surface area contributed by atoms with Crippen molar-refractivity contribution in [1.29, 1.82) is 0 Å². The smallest absolute Gasteiger partial charge is 0.0557 e. The normalized spacial score (nSPS) is 26.8. The molecule has 0 radical (unpaired) electrons. The van der Waals surface area contributed by atoms with Gasteiger partial charge in [-0.05, 0) is 17.6 Å². The monoisotopic (exact) mass is 224 g/mol. The average molecular weight is 224 g/mol. The molecule has 0 bridgehead atoms. The number of fused-ring (bicyclic) bond motifs is 2. The Hall–Kier alpha value is -1.54. The first-order chi connectivity index (χ1) is 8.33. The highest BCUT2D eigenvalue weighted by atomic mass is 15.1. The summed E-state index contributed by atoms with van der Waals surface area (Å²) in [5.41, 5.74) is 4.33. The van der Waals surface area contributed by atoms with Gasteiger partial charge in [-0.15, -0.1) is 0 Å². The average Bonchev–Trinajstić information content (AvgIpc) is 2.75. The SMILES string of the molecule is CC1C=C2c3cccc4ccn(c34)C[C@H]2NC1. The lowest BCUT2D eigenvalue weighted by Gasteiger charge is -2.33. The molecule has 2 atom stereocenters. The van der Waals surface area contributed by atoms with Crippen molar-refractivity contribution >= 4 is 16.5 Å². The van der Waals surface area contributed by atoms with Crippen LogP contribution < -0.4 is 5.32 Å². The Morgan fingerprint density at radius 1 is 1.29 bits per heavy atom. The molecule has 0 fully saturated rings. The van der Waals surface area contributed by atoms with E-state index >= 15 is 0 Å². The fraction of sp³-hybridized carbons (Fsp3) is 0.333. The molecule has 1 unspecified atom stereocenters. The molecule has 0 aliphatic carbocycles. The molecular weight excluding hydrogens is 208 g/mol. The minimum absolute atomic E-state index is 0.497. The van der Waals surface area contributed by atoms with Crippen molar-refractivity contribution in [2.45, 2.75) is 19.5 Å². The van der Waals surface area contributed by atoms with Gasteiger partial charge in [0.05, 0.1) is 11.6 Å². The predicted molar refractivity (Wildman–Crippen MR) is 70.9 cm³/mol. The Balaban J connectivity index is 2.04. The summed E-state index contributed by atoms with van der Waals surface area (Å²) < 4.78 is 2.38. The molecule has 17 heavy (non-hydrogen) atoms. The Morgan fingerprint density at radius 3 is 3.18 bits per heavy atom. The van der Waals surface area contributed by atoms with Gasteiger partial charge >= 0.3 is 0 Å². The van der Waals surface area contributed by atoms with Crippen molar-refractivity contribution in [1.82, 2.24) is 9.88 Å². The fourth-order valence-corrected chi connectivity index (χ4v) is 3.20. The molecule has 0 amide bonds. The maximum atomic E-state index is 3.66. The van der Waals surface area contributed by atoms with Crippen LogP contribution in [0.25, 0.3) is 16.5 Å². The number of hydrogen-bond acceptors (Lipinski definition) is 1. The van der Waals surface area contributed by atoms with Crippen LogP contribution in [0.2, 0.25) is 0 Å². The van der Waals surface area contributed by atoms with Crippen LogP contribution in [-0.4, -0.2) is 17.2 Å². The van der Waals surface area contributed by atoms with E-state index in [1.165, 1.54) is 22.0 Å². The standard InChI is InChI=1S/C15H16N2/c1-10-7-13-12-4-2-3-11-5-6-17(15(11)12)9-14(13)16-8-10/h2-7,10,14,16H,8-9H2,1H3/t10?,14-/m1/s1. The third kappa shape index (κ3) is 1.25. The van der Waals surface area contributed by atoms with E-state index in [2.05, 4.69) is 53.3 Å². The van der Waals surface area contributed by atoms with Crippen molar-refractivity contribution < 1.29 is 0 Å². The Bertz CT molecular complexity index is 621. The molecule has 1 N–H and O–H groups in total. The van der Waals surface area contributed by atoms with Gasteiger partial charge in [-0.25, -0.2) is 0 Å². The van der Waals surface area contributed by atoms with Crippen molar-refractivity contribution in [3.05, 3.63) is 42.1 Å². The third-order valence-corrected chi connectivity index (χ3v) is 4.00. The lowest BCUT2D eigenvalue weighted by atomic mass is 9.88. The zero-order valence-corrected chi connectivity index (χ0v) is 9.98. The lowest BCUT2D eigenvalue weighted by molar-refractivity contribution is 0.472. The van der Waals surface area contributed by atoms with Crippen LogP contribution in [0.15, 0.2) is 36.5 Å². The van der Waals surface area contributed by atoms with Gasteiger partial charge in [0.1, 0.15) is 0 Å². The van der Waals surface area contributed by atoms with Crippen LogP contribution in [0, 0.1) is 5.92 Å². The first-order valence-electron chi connectivity index (χ1n) is 6.36. The molecule has 2 aliphatic rings. The van der Waals surface area contributed by atoms with Crippen molar-refractivity contribution in [3.8, 4) is 0 Å². The number of nitrogens with one attached hydrogen (secondary N) is 1. The predicted octanol–water partition coefficient (Wildman–Crippen LogP) is 2.65. The highest BCUT2D eigenvalue weighted by Gasteiger charge is 2.27. The molecule has 1 aromatic heterocycles. The second kappa shape index (κ2) is 3.23. The molecule has 4 rings (SSSR count). The number of aromatic nitrogens is 1. The van der Waals surface area contributed by atoms with Gasteiger partial charge in [0, 0.05) is 30.2 Å². The van der Waals surface area contributed by atoms with E-state index < -0.39 is 0 Å². The molecule has 1 aromatic carbocycles. The van der Waals surface area contributed by atoms with Crippen molar-refractivity contribution in [2.24, 2.45) is 5.92 Å². The number of benzene rings is 1. The van der Waals surface area contributed by atoms with Crippen LogP contribution in [0.1, 0.15) is 12.5 Å². The Kier molecular flexibility index (Phi) is 1.80. The van der Waals surface area contributed by atoms with Gasteiger partial charge < -0.3 is 9.88 Å². The lowest BCUT2D eigenvalue weighted by Crippen LogP contribution is -2.42. The molecule has 2 aromatic rings. The molecule has 2 nitrogen and oxygen atoms in total. The summed E-state index contributed by atoms with van der Waals surface area (Å²) in [7, 11) is 0. The zero-order chi connectivity index (χ0) is 11.4. The van der Waals surface area contributed by atoms with E-state index in [-0.39, 0.29) is 0 Å². The quantitative estimate of drug-likeness (QED) is 0.728. The van der Waals surface area contributed by atoms with E-state index in [0.29, 0.717) is 12.0 Å². The summed E-state index contributed by atoms with van der Waals surface area (Å²) in [5.74, 6) is 0.637. The number of hydrogen-bond donors (Lipinski definition) is 1. The number of nitrogens with zero attached hydrogens (tertiary/aromatic N) is 1. The van der Waals surface area contributed by atoms with E-state index in [9.17, 15) is 0 Å². The Labute approximate surface area is 101 Å². The van der Waals surface area contributed by atoms with Crippen LogP contribution in [-0.2, 0) is 6.54 Å². The van der Waals surface area contributed by atoms with Gasteiger partial charge in [0.25, 0.3) is 0 Å². The first-order valence-corrected chi connectivity index (χ1v) is 6.36. The molecule has 0 saturated heterocycles. The van der Waals surface area contributed by atoms with Gasteiger partial charge in [-0.3, -0.25) is 0 Å². The summed E-state index contributed by atoms with van der Waals surface area (Å²) in [6.07, 6.45) is 4.66. The zero-order valence-electron chi connectivity index (χ0n) is 9.98. The van der Waals surface area contributed by atoms with E-state index in [1.54, 1.807) is 0 Å². The van der Waals surface area contributed by atoms with Crippen LogP contribution >= 0.6 is 0 Å². The summed E-state index contributed by atoms with van der Waals surface area (Å²) in [6.45, 7) is 4.45. The van der Waals surface area contributed by atoms with Gasteiger partial charge in [0.2, 0.25) is 0 Å². The number of para-hydroxylation sites is 1. The summed E-state index contributed by atoms with van der Waals surface area (Å²) >= 11 is 0. The molecule has 2 heteroatoms. The second-order valence-electron chi connectivity index (χ2n) is 5.27. The third-order valence-electron chi connectivity index (χ3n) is 4.00. The first kappa shape index (κ1) is 9.49. The molecule has 86 valence electrons.